The third-order valence-electron chi connectivity index (χ3n) is 4.89. The summed E-state index contributed by atoms with van der Waals surface area (Å²) in [6.07, 6.45) is 1.47. The Morgan fingerprint density at radius 1 is 1.33 bits per heavy atom. The van der Waals surface area contributed by atoms with Gasteiger partial charge in [0.1, 0.15) is 16.0 Å². The fraction of sp³-hybridized carbons (Fsp3) is 0.333. The van der Waals surface area contributed by atoms with Crippen molar-refractivity contribution < 1.29 is 18.9 Å². The van der Waals surface area contributed by atoms with Crippen LogP contribution in [0.3, 0.4) is 0 Å². The lowest BCUT2D eigenvalue weighted by Crippen LogP contribution is -2.35. The van der Waals surface area contributed by atoms with Gasteiger partial charge in [-0.15, -0.1) is 11.3 Å². The predicted molar refractivity (Wildman–Crippen MR) is 131 cm³/mol. The molecule has 12 heteroatoms. The fourth-order valence-corrected chi connectivity index (χ4v) is 4.68. The summed E-state index contributed by atoms with van der Waals surface area (Å²) < 4.78 is 17.2. The van der Waals surface area contributed by atoms with Gasteiger partial charge >= 0.3 is 5.16 Å². The van der Waals surface area contributed by atoms with Gasteiger partial charge in [-0.3, -0.25) is 14.5 Å². The number of aromatic nitrogens is 2. The summed E-state index contributed by atoms with van der Waals surface area (Å²) in [7, 11) is 1.62. The van der Waals surface area contributed by atoms with E-state index in [4.69, 9.17) is 16.2 Å². The van der Waals surface area contributed by atoms with E-state index in [1.165, 1.54) is 6.26 Å². The van der Waals surface area contributed by atoms with E-state index in [1.807, 2.05) is 11.8 Å². The van der Waals surface area contributed by atoms with Crippen molar-refractivity contribution in [1.29, 1.82) is 0 Å². The summed E-state index contributed by atoms with van der Waals surface area (Å²) in [6.45, 7) is 4.10. The molecular weight excluding hydrogens is 464 g/mol. The predicted octanol–water partition coefficient (Wildman–Crippen LogP) is 1.68. The van der Waals surface area contributed by atoms with Gasteiger partial charge in [-0.2, -0.15) is 9.97 Å². The molecule has 176 valence electrons. The summed E-state index contributed by atoms with van der Waals surface area (Å²) >= 11 is -0.428. The van der Waals surface area contributed by atoms with E-state index in [9.17, 15) is 14.1 Å². The third kappa shape index (κ3) is 5.78. The molecular formula is C21H26N6O4S2. The normalized spacial score (nSPS) is 12.3. The number of carbonyl (C=O) groups is 2. The third-order valence-corrected chi connectivity index (χ3v) is 6.71. The average Bonchev–Trinajstić information content (AvgIpc) is 3.13. The number of anilines is 2. The van der Waals surface area contributed by atoms with Crippen LogP contribution in [0.1, 0.15) is 16.6 Å². The zero-order valence-corrected chi connectivity index (χ0v) is 20.2. The monoisotopic (exact) mass is 490 g/mol. The van der Waals surface area contributed by atoms with Crippen molar-refractivity contribution in [3.63, 3.8) is 0 Å². The maximum Gasteiger partial charge on any atom is 0.344 e. The van der Waals surface area contributed by atoms with Crippen LogP contribution in [-0.4, -0.2) is 70.8 Å². The average molecular weight is 491 g/mol. The molecule has 3 aromatic rings. The number of nitrogen functional groups attached to an aromatic ring is 1. The number of hydrogen-bond acceptors (Lipinski definition) is 9. The molecule has 0 fully saturated rings. The molecule has 2 amide bonds. The molecule has 3 rings (SSSR count). The second-order valence-corrected chi connectivity index (χ2v) is 9.46. The molecule has 0 saturated carbocycles. The van der Waals surface area contributed by atoms with Crippen LogP contribution < -0.4 is 16.8 Å². The highest BCUT2D eigenvalue weighted by molar-refractivity contribution is 7.90. The van der Waals surface area contributed by atoms with Crippen molar-refractivity contribution in [2.75, 3.05) is 50.7 Å². The minimum Gasteiger partial charge on any atom is -0.609 e. The molecule has 2 heterocycles. The molecule has 33 heavy (non-hydrogen) atoms. The second kappa shape index (κ2) is 10.9. The molecule has 10 nitrogen and oxygen atoms in total. The Labute approximate surface area is 198 Å². The Balaban J connectivity index is 1.97. The van der Waals surface area contributed by atoms with Gasteiger partial charge in [0.25, 0.3) is 5.91 Å². The number of ether oxygens (including phenoxy) is 1. The van der Waals surface area contributed by atoms with Crippen molar-refractivity contribution >= 4 is 55.9 Å². The Kier molecular flexibility index (Phi) is 8.21. The van der Waals surface area contributed by atoms with Gasteiger partial charge < -0.3 is 26.1 Å². The number of nitrogens with one attached hydrogen (secondary N) is 1. The Morgan fingerprint density at radius 2 is 2.09 bits per heavy atom. The molecule has 0 aliphatic carbocycles. The van der Waals surface area contributed by atoms with Crippen molar-refractivity contribution in [3.8, 4) is 11.3 Å². The van der Waals surface area contributed by atoms with Gasteiger partial charge in [-0.1, -0.05) is 19.1 Å². The highest BCUT2D eigenvalue weighted by atomic mass is 32.2. The molecule has 0 bridgehead atoms. The largest absolute Gasteiger partial charge is 0.609 e. The van der Waals surface area contributed by atoms with E-state index >= 15 is 0 Å². The van der Waals surface area contributed by atoms with Gasteiger partial charge in [0, 0.05) is 36.1 Å². The van der Waals surface area contributed by atoms with Crippen LogP contribution in [0.15, 0.2) is 29.4 Å². The van der Waals surface area contributed by atoms with Crippen LogP contribution in [0.4, 0.5) is 11.4 Å². The van der Waals surface area contributed by atoms with Crippen LogP contribution in [0.2, 0.25) is 0 Å². The summed E-state index contributed by atoms with van der Waals surface area (Å²) in [5.74, 6) is -0.838. The van der Waals surface area contributed by atoms with Crippen LogP contribution >= 0.6 is 11.3 Å². The lowest BCUT2D eigenvalue weighted by Gasteiger charge is -2.19. The summed E-state index contributed by atoms with van der Waals surface area (Å²) in [4.78, 5) is 35.6. The van der Waals surface area contributed by atoms with E-state index < -0.39 is 17.1 Å². The van der Waals surface area contributed by atoms with Gasteiger partial charge in [0.05, 0.1) is 29.9 Å². The molecule has 1 atom stereocenters. The SMILES string of the molecule is CCN(CCOC)CC(=O)Nc1cccc(-c2nc([S+](C)[O-])nc3sc(C(N)=O)c(N)c23)c1. The topological polar surface area (TPSA) is 160 Å². The maximum absolute atomic E-state index is 12.6. The highest BCUT2D eigenvalue weighted by Gasteiger charge is 2.23. The summed E-state index contributed by atoms with van der Waals surface area (Å²) in [5, 5.41) is 3.46. The Hall–Kier alpha value is -2.77. The summed E-state index contributed by atoms with van der Waals surface area (Å²) in [6, 6.07) is 7.06. The number of methoxy groups -OCH3 is 1. The minimum atomic E-state index is -1.46. The zero-order chi connectivity index (χ0) is 24.1. The molecule has 5 N–H and O–H groups in total. The first kappa shape index (κ1) is 24.9. The van der Waals surface area contributed by atoms with E-state index in [-0.39, 0.29) is 28.2 Å². The van der Waals surface area contributed by atoms with Gasteiger partial charge in [-0.05, 0) is 18.7 Å². The first-order chi connectivity index (χ1) is 15.7. The molecule has 0 aliphatic heterocycles. The van der Waals surface area contributed by atoms with Crippen LogP contribution in [0, 0.1) is 0 Å². The standard InChI is InChI=1S/C21H26N6O4S2/c1-4-27(8-9-31-2)11-14(28)24-13-7-5-6-12(10-13)17-15-16(22)18(19(23)29)32-20(15)26-21(25-17)33(3)30/h5-7,10H,4,8-9,11,22H2,1-3H3,(H2,23,29)(H,24,28). The van der Waals surface area contributed by atoms with Crippen LogP contribution in [-0.2, 0) is 20.7 Å². The number of benzene rings is 1. The van der Waals surface area contributed by atoms with E-state index in [0.717, 1.165) is 11.3 Å². The number of thiophene rings is 1. The van der Waals surface area contributed by atoms with Gasteiger partial charge in [0.15, 0.2) is 0 Å². The Bertz CT molecular complexity index is 1170. The van der Waals surface area contributed by atoms with Crippen molar-refractivity contribution in [3.05, 3.63) is 29.1 Å². The number of primary amides is 1. The van der Waals surface area contributed by atoms with Crippen LogP contribution in [0.25, 0.3) is 21.5 Å². The number of nitrogens with zero attached hydrogens (tertiary/aromatic N) is 3. The first-order valence-corrected chi connectivity index (χ1v) is 12.5. The number of likely N-dealkylation sites (N-methyl/N-ethyl adjacent to an activating group) is 1. The van der Waals surface area contributed by atoms with Crippen molar-refractivity contribution in [2.45, 2.75) is 12.1 Å². The lowest BCUT2D eigenvalue weighted by atomic mass is 10.1. The van der Waals surface area contributed by atoms with E-state index in [0.29, 0.717) is 46.9 Å². The molecule has 0 aliphatic rings. The minimum absolute atomic E-state index is 0.112. The molecule has 0 saturated heterocycles. The molecule has 1 aromatic carbocycles. The number of nitrogens with two attached hydrogens (primary N) is 2. The van der Waals surface area contributed by atoms with E-state index in [1.54, 1.807) is 31.4 Å². The lowest BCUT2D eigenvalue weighted by molar-refractivity contribution is -0.117. The smallest absolute Gasteiger partial charge is 0.344 e. The number of rotatable bonds is 10. The molecule has 0 spiro atoms. The highest BCUT2D eigenvalue weighted by Crippen LogP contribution is 2.39. The van der Waals surface area contributed by atoms with Crippen molar-refractivity contribution in [1.82, 2.24) is 14.9 Å². The molecule has 0 radical (unpaired) electrons. The zero-order valence-electron chi connectivity index (χ0n) is 18.6. The van der Waals surface area contributed by atoms with E-state index in [2.05, 4.69) is 15.3 Å². The quantitative estimate of drug-likeness (QED) is 0.286. The summed E-state index contributed by atoms with van der Waals surface area (Å²) in [5.41, 5.74) is 13.4. The first-order valence-electron chi connectivity index (χ1n) is 10.1. The van der Waals surface area contributed by atoms with Gasteiger partial charge in [0.2, 0.25) is 5.91 Å². The number of carbonyl (C=O) groups excluding carboxylic acids is 2. The second-order valence-electron chi connectivity index (χ2n) is 7.19. The fourth-order valence-electron chi connectivity index (χ4n) is 3.24. The van der Waals surface area contributed by atoms with Crippen molar-refractivity contribution in [2.24, 2.45) is 5.73 Å². The Morgan fingerprint density at radius 3 is 2.73 bits per heavy atom. The maximum atomic E-state index is 12.6. The molecule has 1 unspecified atom stereocenters. The number of amides is 2. The van der Waals surface area contributed by atoms with Gasteiger partial charge in [-0.25, -0.2) is 0 Å². The number of fused-ring (bicyclic) bond motifs is 1. The number of hydrogen-bond donors (Lipinski definition) is 3. The van der Waals surface area contributed by atoms with Crippen LogP contribution in [0.5, 0.6) is 0 Å². The molecule has 2 aromatic heterocycles.